The molecule has 0 atom stereocenters. The molecule has 0 fully saturated rings. The van der Waals surface area contributed by atoms with Gasteiger partial charge in [0.15, 0.2) is 6.33 Å². The molecule has 76 valence electrons. The van der Waals surface area contributed by atoms with Gasteiger partial charge in [0.1, 0.15) is 0 Å². The number of carboxylic acids is 1. The molecule has 0 unspecified atom stereocenters. The number of carboxylic acid groups (broad SMARTS) is 1. The predicted molar refractivity (Wildman–Crippen MR) is 52.5 cm³/mol. The first-order valence-electron chi connectivity index (χ1n) is 4.00. The average molecular weight is 222 g/mol. The van der Waals surface area contributed by atoms with Gasteiger partial charge in [0.2, 0.25) is 0 Å². The Kier molecular flexibility index (Phi) is 2.64. The van der Waals surface area contributed by atoms with Crippen LogP contribution in [-0.2, 0) is 0 Å². The zero-order valence-corrected chi connectivity index (χ0v) is 8.26. The topological polar surface area (TPSA) is 80.9 Å². The monoisotopic (exact) mass is 222 g/mol. The standard InChI is InChI=1S/C8H6N4O2S/c13-8(14)6-1-3-7(4-2-6)15-12-5-9-10-11-12/h1-5H,(H,13,14). The van der Waals surface area contributed by atoms with Crippen molar-refractivity contribution in [2.24, 2.45) is 0 Å². The predicted octanol–water partition coefficient (Wildman–Crippen LogP) is 0.927. The molecule has 1 aromatic carbocycles. The lowest BCUT2D eigenvalue weighted by Gasteiger charge is -1.99. The van der Waals surface area contributed by atoms with Gasteiger partial charge in [-0.05, 0) is 34.7 Å². The minimum atomic E-state index is -0.936. The lowest BCUT2D eigenvalue weighted by Crippen LogP contribution is -1.95. The molecule has 2 aromatic rings. The summed E-state index contributed by atoms with van der Waals surface area (Å²) in [6.07, 6.45) is 1.47. The summed E-state index contributed by atoms with van der Waals surface area (Å²) in [4.78, 5) is 11.5. The van der Waals surface area contributed by atoms with Crippen LogP contribution in [-0.4, -0.2) is 30.7 Å². The number of aromatic nitrogens is 4. The molecule has 15 heavy (non-hydrogen) atoms. The quantitative estimate of drug-likeness (QED) is 0.831. The first kappa shape index (κ1) is 9.66. The largest absolute Gasteiger partial charge is 0.478 e. The highest BCUT2D eigenvalue weighted by atomic mass is 32.2. The van der Waals surface area contributed by atoms with Crippen LogP contribution in [0.2, 0.25) is 0 Å². The molecule has 1 heterocycles. The number of rotatable bonds is 3. The molecule has 0 aliphatic rings. The summed E-state index contributed by atoms with van der Waals surface area (Å²) < 4.78 is 1.48. The van der Waals surface area contributed by atoms with Gasteiger partial charge in [-0.25, -0.2) is 4.79 Å². The van der Waals surface area contributed by atoms with Crippen molar-refractivity contribution in [3.63, 3.8) is 0 Å². The van der Waals surface area contributed by atoms with Crippen LogP contribution in [0.15, 0.2) is 35.5 Å². The third-order valence-electron chi connectivity index (χ3n) is 1.63. The number of carbonyl (C=O) groups is 1. The summed E-state index contributed by atoms with van der Waals surface area (Å²) in [6.45, 7) is 0. The molecule has 0 saturated heterocycles. The molecule has 0 bridgehead atoms. The maximum absolute atomic E-state index is 10.6. The van der Waals surface area contributed by atoms with E-state index in [0.29, 0.717) is 0 Å². The number of nitrogens with zero attached hydrogens (tertiary/aromatic N) is 4. The van der Waals surface area contributed by atoms with Crippen LogP contribution >= 0.6 is 11.9 Å². The fourth-order valence-electron chi connectivity index (χ4n) is 0.961. The van der Waals surface area contributed by atoms with Gasteiger partial charge in [-0.2, -0.15) is 4.09 Å². The van der Waals surface area contributed by atoms with Gasteiger partial charge >= 0.3 is 5.97 Å². The molecule has 0 aliphatic heterocycles. The lowest BCUT2D eigenvalue weighted by molar-refractivity contribution is 0.0697. The molecular weight excluding hydrogens is 216 g/mol. The van der Waals surface area contributed by atoms with Crippen molar-refractivity contribution in [1.29, 1.82) is 0 Å². The zero-order valence-electron chi connectivity index (χ0n) is 7.44. The molecule has 0 radical (unpaired) electrons. The minimum absolute atomic E-state index is 0.260. The Balaban J connectivity index is 2.14. The average Bonchev–Trinajstić information content (AvgIpc) is 2.71. The van der Waals surface area contributed by atoms with Crippen molar-refractivity contribution >= 4 is 17.9 Å². The van der Waals surface area contributed by atoms with Gasteiger partial charge in [-0.15, -0.1) is 5.10 Å². The molecule has 1 aromatic heterocycles. The zero-order chi connectivity index (χ0) is 10.7. The van der Waals surface area contributed by atoms with Crippen molar-refractivity contribution in [2.45, 2.75) is 4.90 Å². The van der Waals surface area contributed by atoms with Crippen molar-refractivity contribution in [3.8, 4) is 0 Å². The van der Waals surface area contributed by atoms with E-state index in [0.717, 1.165) is 4.90 Å². The first-order chi connectivity index (χ1) is 7.25. The summed E-state index contributed by atoms with van der Waals surface area (Å²) in [5, 5.41) is 19.3. The van der Waals surface area contributed by atoms with Crippen LogP contribution in [0.3, 0.4) is 0 Å². The molecule has 0 spiro atoms. The Bertz CT molecular complexity index is 454. The lowest BCUT2D eigenvalue weighted by atomic mass is 10.2. The summed E-state index contributed by atoms with van der Waals surface area (Å²) >= 11 is 1.30. The van der Waals surface area contributed by atoms with Crippen LogP contribution in [0.5, 0.6) is 0 Å². The summed E-state index contributed by atoms with van der Waals surface area (Å²) in [7, 11) is 0. The van der Waals surface area contributed by atoms with Gasteiger partial charge in [0.05, 0.1) is 5.56 Å². The Morgan fingerprint density at radius 3 is 2.60 bits per heavy atom. The maximum Gasteiger partial charge on any atom is 0.335 e. The van der Waals surface area contributed by atoms with Crippen molar-refractivity contribution < 1.29 is 9.90 Å². The fraction of sp³-hybridized carbons (Fsp3) is 0. The first-order valence-corrected chi connectivity index (χ1v) is 4.78. The molecule has 0 aliphatic carbocycles. The van der Waals surface area contributed by atoms with Gasteiger partial charge in [0, 0.05) is 16.8 Å². The van der Waals surface area contributed by atoms with E-state index < -0.39 is 5.97 Å². The van der Waals surface area contributed by atoms with E-state index in [1.807, 2.05) is 0 Å². The molecule has 6 nitrogen and oxygen atoms in total. The Morgan fingerprint density at radius 2 is 2.07 bits per heavy atom. The van der Waals surface area contributed by atoms with Crippen LogP contribution in [0.4, 0.5) is 0 Å². The van der Waals surface area contributed by atoms with E-state index in [1.165, 1.54) is 34.5 Å². The SMILES string of the molecule is O=C(O)c1ccc(Sn2cnnn2)cc1. The third kappa shape index (κ3) is 2.32. The minimum Gasteiger partial charge on any atom is -0.478 e. The Hall–Kier alpha value is -1.89. The number of benzene rings is 1. The second-order valence-electron chi connectivity index (χ2n) is 2.63. The molecule has 0 amide bonds. The van der Waals surface area contributed by atoms with Crippen LogP contribution in [0.25, 0.3) is 0 Å². The van der Waals surface area contributed by atoms with Crippen molar-refractivity contribution in [2.75, 3.05) is 0 Å². The number of tetrazole rings is 1. The maximum atomic E-state index is 10.6. The third-order valence-corrected chi connectivity index (χ3v) is 2.47. The highest BCUT2D eigenvalue weighted by Gasteiger charge is 2.02. The van der Waals surface area contributed by atoms with Gasteiger partial charge < -0.3 is 5.11 Å². The number of hydrogen-bond donors (Lipinski definition) is 1. The van der Waals surface area contributed by atoms with E-state index in [2.05, 4.69) is 15.5 Å². The summed E-state index contributed by atoms with van der Waals surface area (Å²) in [5.74, 6) is -0.936. The summed E-state index contributed by atoms with van der Waals surface area (Å²) in [6, 6.07) is 6.48. The highest BCUT2D eigenvalue weighted by molar-refractivity contribution is 7.97. The van der Waals surface area contributed by atoms with Crippen LogP contribution < -0.4 is 0 Å². The number of hydrogen-bond acceptors (Lipinski definition) is 5. The molecular formula is C8H6N4O2S. The smallest absolute Gasteiger partial charge is 0.335 e. The van der Waals surface area contributed by atoms with E-state index in [4.69, 9.17) is 5.11 Å². The Labute approximate surface area is 89.1 Å². The second kappa shape index (κ2) is 4.09. The van der Waals surface area contributed by atoms with Gasteiger partial charge in [-0.3, -0.25) is 0 Å². The Morgan fingerprint density at radius 1 is 1.33 bits per heavy atom. The fourth-order valence-corrected chi connectivity index (χ4v) is 1.59. The number of aromatic carboxylic acids is 1. The molecule has 0 saturated carbocycles. The van der Waals surface area contributed by atoms with E-state index in [9.17, 15) is 4.79 Å². The van der Waals surface area contributed by atoms with Crippen molar-refractivity contribution in [3.05, 3.63) is 36.2 Å². The van der Waals surface area contributed by atoms with Crippen molar-refractivity contribution in [1.82, 2.24) is 19.6 Å². The van der Waals surface area contributed by atoms with Gasteiger partial charge in [0.25, 0.3) is 0 Å². The van der Waals surface area contributed by atoms with Crippen LogP contribution in [0, 0.1) is 0 Å². The molecule has 2 rings (SSSR count). The van der Waals surface area contributed by atoms with Gasteiger partial charge in [-0.1, -0.05) is 0 Å². The van der Waals surface area contributed by atoms with E-state index in [1.54, 1.807) is 12.1 Å². The highest BCUT2D eigenvalue weighted by Crippen LogP contribution is 2.18. The second-order valence-corrected chi connectivity index (χ2v) is 3.66. The summed E-state index contributed by atoms with van der Waals surface area (Å²) in [5.41, 5.74) is 0.260. The van der Waals surface area contributed by atoms with E-state index in [-0.39, 0.29) is 5.56 Å². The molecule has 7 heteroatoms. The normalized spacial score (nSPS) is 10.1. The van der Waals surface area contributed by atoms with Crippen LogP contribution in [0.1, 0.15) is 10.4 Å². The van der Waals surface area contributed by atoms with E-state index >= 15 is 0 Å². The molecule has 1 N–H and O–H groups in total.